The summed E-state index contributed by atoms with van der Waals surface area (Å²) < 4.78 is 1.20. The smallest absolute Gasteiger partial charge is 0.221 e. The van der Waals surface area contributed by atoms with E-state index in [9.17, 15) is 4.79 Å². The van der Waals surface area contributed by atoms with Gasteiger partial charge in [-0.25, -0.2) is 0 Å². The summed E-state index contributed by atoms with van der Waals surface area (Å²) in [6.45, 7) is 2.27. The van der Waals surface area contributed by atoms with Crippen molar-refractivity contribution in [3.8, 4) is 0 Å². The summed E-state index contributed by atoms with van der Waals surface area (Å²) >= 11 is 2.31. The Balaban J connectivity index is 1.97. The molecule has 3 nitrogen and oxygen atoms in total. The van der Waals surface area contributed by atoms with Crippen molar-refractivity contribution in [1.82, 2.24) is 0 Å². The van der Waals surface area contributed by atoms with Crippen molar-refractivity contribution in [2.75, 3.05) is 10.6 Å². The van der Waals surface area contributed by atoms with Crippen LogP contribution in [0.4, 0.5) is 11.4 Å². The fraction of sp³-hybridized carbons (Fsp3) is 0.133. The van der Waals surface area contributed by atoms with Crippen LogP contribution in [0.3, 0.4) is 0 Å². The standard InChI is InChI=1S/C15H15IN2O/c1-11(19)18-13-8-6-12(7-9-13)10-17-15-5-3-2-4-14(15)16/h2-9,17H,10H2,1H3,(H,18,19). The summed E-state index contributed by atoms with van der Waals surface area (Å²) in [5.74, 6) is -0.0512. The lowest BCUT2D eigenvalue weighted by Gasteiger charge is -2.09. The molecule has 0 saturated carbocycles. The molecule has 2 N–H and O–H groups in total. The van der Waals surface area contributed by atoms with Crippen LogP contribution in [-0.4, -0.2) is 5.91 Å². The van der Waals surface area contributed by atoms with Crippen molar-refractivity contribution >= 4 is 39.9 Å². The molecule has 0 aromatic heterocycles. The topological polar surface area (TPSA) is 41.1 Å². The molecule has 0 spiro atoms. The Hall–Kier alpha value is -1.56. The average molecular weight is 366 g/mol. The maximum atomic E-state index is 10.9. The molecule has 0 radical (unpaired) electrons. The van der Waals surface area contributed by atoms with Crippen LogP contribution < -0.4 is 10.6 Å². The first kappa shape index (κ1) is 13.9. The van der Waals surface area contributed by atoms with Crippen molar-refractivity contribution in [3.63, 3.8) is 0 Å². The van der Waals surface area contributed by atoms with E-state index in [1.807, 2.05) is 36.4 Å². The number of hydrogen-bond donors (Lipinski definition) is 2. The molecule has 0 aliphatic rings. The van der Waals surface area contributed by atoms with Gasteiger partial charge in [0.1, 0.15) is 0 Å². The SMILES string of the molecule is CC(=O)Nc1ccc(CNc2ccccc2I)cc1. The van der Waals surface area contributed by atoms with E-state index in [1.165, 1.54) is 16.1 Å². The van der Waals surface area contributed by atoms with Gasteiger partial charge in [0.15, 0.2) is 0 Å². The summed E-state index contributed by atoms with van der Waals surface area (Å²) in [6, 6.07) is 16.0. The highest BCUT2D eigenvalue weighted by Crippen LogP contribution is 2.18. The van der Waals surface area contributed by atoms with Crippen molar-refractivity contribution in [1.29, 1.82) is 0 Å². The lowest BCUT2D eigenvalue weighted by atomic mass is 10.2. The third-order valence-electron chi connectivity index (χ3n) is 2.63. The normalized spacial score (nSPS) is 10.0. The summed E-state index contributed by atoms with van der Waals surface area (Å²) in [7, 11) is 0. The molecule has 0 atom stereocenters. The fourth-order valence-electron chi connectivity index (χ4n) is 1.71. The maximum absolute atomic E-state index is 10.9. The van der Waals surface area contributed by atoms with Crippen molar-refractivity contribution in [2.24, 2.45) is 0 Å². The average Bonchev–Trinajstić information content (AvgIpc) is 2.39. The molecule has 98 valence electrons. The zero-order valence-electron chi connectivity index (χ0n) is 10.6. The molecule has 0 fully saturated rings. The van der Waals surface area contributed by atoms with E-state index in [-0.39, 0.29) is 5.91 Å². The van der Waals surface area contributed by atoms with Gasteiger partial charge in [-0.1, -0.05) is 24.3 Å². The van der Waals surface area contributed by atoms with Gasteiger partial charge in [0.05, 0.1) is 0 Å². The minimum Gasteiger partial charge on any atom is -0.380 e. The van der Waals surface area contributed by atoms with Crippen LogP contribution in [0, 0.1) is 3.57 Å². The molecular formula is C15H15IN2O. The minimum absolute atomic E-state index is 0.0512. The van der Waals surface area contributed by atoms with Gasteiger partial charge >= 0.3 is 0 Å². The second-order valence-electron chi connectivity index (χ2n) is 4.21. The summed E-state index contributed by atoms with van der Waals surface area (Å²) in [6.07, 6.45) is 0. The quantitative estimate of drug-likeness (QED) is 0.807. The van der Waals surface area contributed by atoms with Crippen molar-refractivity contribution < 1.29 is 4.79 Å². The van der Waals surface area contributed by atoms with Gasteiger partial charge in [-0.15, -0.1) is 0 Å². The Labute approximate surface area is 126 Å². The number of anilines is 2. The van der Waals surface area contributed by atoms with Crippen LogP contribution in [0.15, 0.2) is 48.5 Å². The molecule has 0 heterocycles. The Kier molecular flexibility index (Phi) is 4.79. The molecule has 0 saturated heterocycles. The highest BCUT2D eigenvalue weighted by atomic mass is 127. The number of amides is 1. The third-order valence-corrected chi connectivity index (χ3v) is 3.57. The van der Waals surface area contributed by atoms with Crippen LogP contribution in [0.2, 0.25) is 0 Å². The van der Waals surface area contributed by atoms with E-state index < -0.39 is 0 Å². The fourth-order valence-corrected chi connectivity index (χ4v) is 2.29. The number of halogens is 1. The van der Waals surface area contributed by atoms with Gasteiger partial charge in [-0.3, -0.25) is 4.79 Å². The van der Waals surface area contributed by atoms with Crippen LogP contribution >= 0.6 is 22.6 Å². The van der Waals surface area contributed by atoms with Gasteiger partial charge < -0.3 is 10.6 Å². The largest absolute Gasteiger partial charge is 0.380 e. The second kappa shape index (κ2) is 6.56. The Morgan fingerprint density at radius 1 is 1.11 bits per heavy atom. The second-order valence-corrected chi connectivity index (χ2v) is 5.37. The first-order valence-electron chi connectivity index (χ1n) is 6.00. The third kappa shape index (κ3) is 4.24. The number of rotatable bonds is 4. The molecule has 0 bridgehead atoms. The van der Waals surface area contributed by atoms with Gasteiger partial charge in [0, 0.05) is 28.4 Å². The van der Waals surface area contributed by atoms with Crippen molar-refractivity contribution in [2.45, 2.75) is 13.5 Å². The zero-order chi connectivity index (χ0) is 13.7. The summed E-state index contributed by atoms with van der Waals surface area (Å²) in [4.78, 5) is 10.9. The lowest BCUT2D eigenvalue weighted by Crippen LogP contribution is -2.06. The summed E-state index contributed by atoms with van der Waals surface area (Å²) in [5.41, 5.74) is 3.13. The molecule has 4 heteroatoms. The molecule has 0 unspecified atom stereocenters. The van der Waals surface area contributed by atoms with E-state index in [0.29, 0.717) is 0 Å². The zero-order valence-corrected chi connectivity index (χ0v) is 12.8. The minimum atomic E-state index is -0.0512. The number of carbonyl (C=O) groups excluding carboxylic acids is 1. The molecule has 2 aromatic rings. The van der Waals surface area contributed by atoms with Crippen LogP contribution in [0.25, 0.3) is 0 Å². The molecule has 2 rings (SSSR count). The summed E-state index contributed by atoms with van der Waals surface area (Å²) in [5, 5.41) is 6.15. The molecule has 1 amide bonds. The van der Waals surface area contributed by atoms with E-state index in [4.69, 9.17) is 0 Å². The molecule has 0 aliphatic heterocycles. The Bertz CT molecular complexity index is 567. The first-order chi connectivity index (χ1) is 9.15. The van der Waals surface area contributed by atoms with E-state index in [2.05, 4.69) is 45.4 Å². The maximum Gasteiger partial charge on any atom is 0.221 e. The number of benzene rings is 2. The number of carbonyl (C=O) groups is 1. The van der Waals surface area contributed by atoms with Gasteiger partial charge in [0.25, 0.3) is 0 Å². The van der Waals surface area contributed by atoms with E-state index >= 15 is 0 Å². The van der Waals surface area contributed by atoms with Gasteiger partial charge in [-0.2, -0.15) is 0 Å². The monoisotopic (exact) mass is 366 g/mol. The number of para-hydroxylation sites is 1. The molecule has 2 aromatic carbocycles. The highest BCUT2D eigenvalue weighted by Gasteiger charge is 1.99. The molecule has 19 heavy (non-hydrogen) atoms. The Morgan fingerprint density at radius 2 is 1.79 bits per heavy atom. The van der Waals surface area contributed by atoms with Gasteiger partial charge in [-0.05, 0) is 52.4 Å². The number of nitrogens with one attached hydrogen (secondary N) is 2. The lowest BCUT2D eigenvalue weighted by molar-refractivity contribution is -0.114. The Morgan fingerprint density at radius 3 is 2.42 bits per heavy atom. The van der Waals surface area contributed by atoms with Crippen LogP contribution in [0.5, 0.6) is 0 Å². The van der Waals surface area contributed by atoms with E-state index in [0.717, 1.165) is 17.9 Å². The molecular weight excluding hydrogens is 351 g/mol. The van der Waals surface area contributed by atoms with E-state index in [1.54, 1.807) is 0 Å². The van der Waals surface area contributed by atoms with Gasteiger partial charge in [0.2, 0.25) is 5.91 Å². The van der Waals surface area contributed by atoms with Crippen molar-refractivity contribution in [3.05, 3.63) is 57.7 Å². The predicted molar refractivity (Wildman–Crippen MR) is 87.2 cm³/mol. The molecule has 0 aliphatic carbocycles. The highest BCUT2D eigenvalue weighted by molar-refractivity contribution is 14.1. The predicted octanol–water partition coefficient (Wildman–Crippen LogP) is 3.86. The van der Waals surface area contributed by atoms with Crippen LogP contribution in [-0.2, 0) is 11.3 Å². The number of hydrogen-bond acceptors (Lipinski definition) is 2. The first-order valence-corrected chi connectivity index (χ1v) is 7.08. The van der Waals surface area contributed by atoms with Crippen LogP contribution in [0.1, 0.15) is 12.5 Å².